The lowest BCUT2D eigenvalue weighted by Gasteiger charge is -2.37. The van der Waals surface area contributed by atoms with E-state index in [2.05, 4.69) is 24.1 Å². The van der Waals surface area contributed by atoms with Gasteiger partial charge in [-0.15, -0.1) is 0 Å². The number of hydrogen-bond acceptors (Lipinski definition) is 3. The highest BCUT2D eigenvalue weighted by Crippen LogP contribution is 2.24. The molecule has 1 heterocycles. The maximum absolute atomic E-state index is 12.8. The molecule has 2 aromatic rings. The van der Waals surface area contributed by atoms with Gasteiger partial charge < -0.3 is 15.1 Å². The average molecular weight is 414 g/mol. The molecule has 1 aliphatic heterocycles. The van der Waals surface area contributed by atoms with Gasteiger partial charge in [-0.1, -0.05) is 37.6 Å². The summed E-state index contributed by atoms with van der Waals surface area (Å²) >= 11 is 5.99. The van der Waals surface area contributed by atoms with Crippen LogP contribution in [0.2, 0.25) is 5.02 Å². The molecule has 0 radical (unpaired) electrons. The number of amides is 2. The normalized spacial score (nSPS) is 15.3. The smallest absolute Gasteiger partial charge is 0.318 e. The van der Waals surface area contributed by atoms with Crippen molar-refractivity contribution in [3.63, 3.8) is 0 Å². The van der Waals surface area contributed by atoms with Gasteiger partial charge in [-0.2, -0.15) is 0 Å². The summed E-state index contributed by atoms with van der Waals surface area (Å²) in [5, 5.41) is 3.87. The average Bonchev–Trinajstić information content (AvgIpc) is 2.72. The first-order chi connectivity index (χ1) is 13.8. The molecular formula is C23H28ClN3O2. The lowest BCUT2D eigenvalue weighted by atomic mass is 9.96. The molecule has 154 valence electrons. The Morgan fingerprint density at radius 1 is 0.931 bits per heavy atom. The monoisotopic (exact) mass is 413 g/mol. The van der Waals surface area contributed by atoms with Crippen LogP contribution in [0.25, 0.3) is 0 Å². The topological polar surface area (TPSA) is 52.7 Å². The van der Waals surface area contributed by atoms with Gasteiger partial charge in [0.2, 0.25) is 0 Å². The Bertz CT molecular complexity index is 841. The number of anilines is 1. The summed E-state index contributed by atoms with van der Waals surface area (Å²) in [5.74, 6) is 0.333. The number of ketones is 1. The number of hydrogen-bond donors (Lipinski definition) is 1. The molecule has 1 N–H and O–H groups in total. The van der Waals surface area contributed by atoms with Gasteiger partial charge in [-0.05, 0) is 54.8 Å². The van der Waals surface area contributed by atoms with Crippen molar-refractivity contribution in [2.24, 2.45) is 5.92 Å². The van der Waals surface area contributed by atoms with Gasteiger partial charge in [0.25, 0.3) is 0 Å². The van der Waals surface area contributed by atoms with Crippen LogP contribution in [0, 0.1) is 5.92 Å². The SMILES string of the molecule is CC(=O)c1ccc(N2CCN(C(=O)NC(c3ccc(Cl)cc3)C(C)C)CC2)cc1. The fourth-order valence-corrected chi connectivity index (χ4v) is 3.73. The van der Waals surface area contributed by atoms with Crippen molar-refractivity contribution in [3.8, 4) is 0 Å². The van der Waals surface area contributed by atoms with Gasteiger partial charge in [-0.25, -0.2) is 4.79 Å². The number of nitrogens with zero attached hydrogens (tertiary/aromatic N) is 2. The van der Waals surface area contributed by atoms with Gasteiger partial charge in [0.05, 0.1) is 6.04 Å². The first kappa shape index (κ1) is 21.2. The van der Waals surface area contributed by atoms with Crippen LogP contribution >= 0.6 is 11.6 Å². The van der Waals surface area contributed by atoms with E-state index in [1.54, 1.807) is 6.92 Å². The highest BCUT2D eigenvalue weighted by Gasteiger charge is 2.25. The van der Waals surface area contributed by atoms with Crippen molar-refractivity contribution in [2.75, 3.05) is 31.1 Å². The number of nitrogens with one attached hydrogen (secondary N) is 1. The zero-order chi connectivity index (χ0) is 21.0. The predicted octanol–water partition coefficient (Wildman–Crippen LogP) is 4.77. The molecule has 0 spiro atoms. The molecule has 29 heavy (non-hydrogen) atoms. The zero-order valence-electron chi connectivity index (χ0n) is 17.2. The number of urea groups is 1. The summed E-state index contributed by atoms with van der Waals surface area (Å²) in [5.41, 5.74) is 2.85. The van der Waals surface area contributed by atoms with Crippen molar-refractivity contribution in [2.45, 2.75) is 26.8 Å². The maximum Gasteiger partial charge on any atom is 0.318 e. The summed E-state index contributed by atoms with van der Waals surface area (Å²) < 4.78 is 0. The Kier molecular flexibility index (Phi) is 6.80. The molecule has 0 bridgehead atoms. The van der Waals surface area contributed by atoms with Crippen LogP contribution in [-0.2, 0) is 0 Å². The van der Waals surface area contributed by atoms with E-state index in [-0.39, 0.29) is 23.8 Å². The molecule has 2 aromatic carbocycles. The molecule has 3 rings (SSSR count). The summed E-state index contributed by atoms with van der Waals surface area (Å²) in [6.07, 6.45) is 0. The van der Waals surface area contributed by atoms with Crippen molar-refractivity contribution in [3.05, 3.63) is 64.7 Å². The van der Waals surface area contributed by atoms with Crippen LogP contribution < -0.4 is 10.2 Å². The van der Waals surface area contributed by atoms with E-state index in [1.807, 2.05) is 53.4 Å². The standard InChI is InChI=1S/C23H28ClN3O2/c1-16(2)22(19-4-8-20(24)9-5-19)25-23(29)27-14-12-26(13-15-27)21-10-6-18(7-11-21)17(3)28/h4-11,16,22H,12-15H2,1-3H3,(H,25,29). The quantitative estimate of drug-likeness (QED) is 0.718. The second-order valence-corrected chi connectivity index (χ2v) is 8.24. The maximum atomic E-state index is 12.8. The van der Waals surface area contributed by atoms with Crippen LogP contribution in [0.4, 0.5) is 10.5 Å². The lowest BCUT2D eigenvalue weighted by Crippen LogP contribution is -2.52. The first-order valence-corrected chi connectivity index (χ1v) is 10.4. The van der Waals surface area contributed by atoms with Gasteiger partial charge in [0.1, 0.15) is 0 Å². The van der Waals surface area contributed by atoms with Crippen LogP contribution in [0.3, 0.4) is 0 Å². The second kappa shape index (κ2) is 9.31. The third-order valence-corrected chi connectivity index (χ3v) is 5.63. The molecule has 0 aliphatic carbocycles. The number of Topliss-reactive ketones (excluding diaryl/α,β-unsaturated/α-hetero) is 1. The molecular weight excluding hydrogens is 386 g/mol. The number of carbonyl (C=O) groups is 2. The van der Waals surface area contributed by atoms with E-state index in [9.17, 15) is 9.59 Å². The van der Waals surface area contributed by atoms with E-state index >= 15 is 0 Å². The Morgan fingerprint density at radius 3 is 2.03 bits per heavy atom. The fraction of sp³-hybridized carbons (Fsp3) is 0.391. The lowest BCUT2D eigenvalue weighted by molar-refractivity contribution is 0.101. The summed E-state index contributed by atoms with van der Waals surface area (Å²) in [6.45, 7) is 8.61. The fourth-order valence-electron chi connectivity index (χ4n) is 3.60. The highest BCUT2D eigenvalue weighted by molar-refractivity contribution is 6.30. The molecule has 2 amide bonds. The van der Waals surface area contributed by atoms with Gasteiger partial charge >= 0.3 is 6.03 Å². The molecule has 1 fully saturated rings. The van der Waals surface area contributed by atoms with E-state index in [0.29, 0.717) is 23.7 Å². The number of benzene rings is 2. The molecule has 6 heteroatoms. The number of halogens is 1. The van der Waals surface area contributed by atoms with Gasteiger partial charge in [-0.3, -0.25) is 4.79 Å². The van der Waals surface area contributed by atoms with Crippen LogP contribution in [0.15, 0.2) is 48.5 Å². The summed E-state index contributed by atoms with van der Waals surface area (Å²) in [7, 11) is 0. The first-order valence-electron chi connectivity index (χ1n) is 10.0. The molecule has 1 unspecified atom stereocenters. The minimum atomic E-state index is -0.0584. The third kappa shape index (κ3) is 5.30. The van der Waals surface area contributed by atoms with Crippen molar-refractivity contribution in [1.29, 1.82) is 0 Å². The van der Waals surface area contributed by atoms with Crippen molar-refractivity contribution >= 4 is 29.1 Å². The molecule has 0 saturated carbocycles. The van der Waals surface area contributed by atoms with Crippen LogP contribution in [-0.4, -0.2) is 42.9 Å². The number of piperazine rings is 1. The summed E-state index contributed by atoms with van der Waals surface area (Å²) in [4.78, 5) is 28.4. The molecule has 1 saturated heterocycles. The second-order valence-electron chi connectivity index (χ2n) is 7.80. The van der Waals surface area contributed by atoms with Crippen molar-refractivity contribution < 1.29 is 9.59 Å². The molecule has 1 aliphatic rings. The number of carbonyl (C=O) groups excluding carboxylic acids is 2. The van der Waals surface area contributed by atoms with E-state index in [4.69, 9.17) is 11.6 Å². The van der Waals surface area contributed by atoms with Gasteiger partial charge in [0.15, 0.2) is 5.78 Å². The minimum Gasteiger partial charge on any atom is -0.368 e. The predicted molar refractivity (Wildman–Crippen MR) is 118 cm³/mol. The number of rotatable bonds is 5. The summed E-state index contributed by atoms with van der Waals surface area (Å²) in [6, 6.07) is 15.2. The van der Waals surface area contributed by atoms with Crippen LogP contribution in [0.5, 0.6) is 0 Å². The van der Waals surface area contributed by atoms with E-state index in [0.717, 1.165) is 24.3 Å². The molecule has 1 atom stereocenters. The van der Waals surface area contributed by atoms with E-state index in [1.165, 1.54) is 0 Å². The van der Waals surface area contributed by atoms with E-state index < -0.39 is 0 Å². The Morgan fingerprint density at radius 2 is 1.52 bits per heavy atom. The zero-order valence-corrected chi connectivity index (χ0v) is 17.9. The third-order valence-electron chi connectivity index (χ3n) is 5.38. The van der Waals surface area contributed by atoms with Crippen molar-refractivity contribution in [1.82, 2.24) is 10.2 Å². The minimum absolute atomic E-state index is 0.0368. The van der Waals surface area contributed by atoms with Crippen LogP contribution in [0.1, 0.15) is 42.7 Å². The Labute approximate surface area is 177 Å². The molecule has 5 nitrogen and oxygen atoms in total. The Hall–Kier alpha value is -2.53. The largest absolute Gasteiger partial charge is 0.368 e. The van der Waals surface area contributed by atoms with Gasteiger partial charge in [0, 0.05) is 42.5 Å². The molecule has 0 aromatic heterocycles. The highest BCUT2D eigenvalue weighted by atomic mass is 35.5. The Balaban J connectivity index is 1.58.